The molecule has 0 N–H and O–H groups in total. The third-order valence-corrected chi connectivity index (χ3v) is 2.91. The maximum absolute atomic E-state index is 13.8. The van der Waals surface area contributed by atoms with Gasteiger partial charge in [-0.05, 0) is 47.1 Å². The third kappa shape index (κ3) is 2.67. The monoisotopic (exact) mass is 312 g/mol. The molecule has 94 valence electrons. The number of pyridine rings is 1. The molecule has 2 aromatic rings. The summed E-state index contributed by atoms with van der Waals surface area (Å²) in [5.41, 5.74) is 0.575. The highest BCUT2D eigenvalue weighted by molar-refractivity contribution is 9.10. The molecule has 0 bridgehead atoms. The summed E-state index contributed by atoms with van der Waals surface area (Å²) in [6.07, 6.45) is 1.51. The van der Waals surface area contributed by atoms with Gasteiger partial charge in [0.15, 0.2) is 11.6 Å². The Bertz CT molecular complexity index is 560. The van der Waals surface area contributed by atoms with E-state index in [1.54, 1.807) is 17.0 Å². The van der Waals surface area contributed by atoms with Crippen LogP contribution >= 0.6 is 15.9 Å². The average Bonchev–Trinajstić information content (AvgIpc) is 2.33. The molecule has 0 aliphatic heterocycles. The first-order chi connectivity index (χ1) is 8.61. The molecule has 18 heavy (non-hydrogen) atoms. The number of hydrogen-bond acceptors (Lipinski definition) is 2. The summed E-state index contributed by atoms with van der Waals surface area (Å²) in [6.45, 7) is 2.35. The summed E-state index contributed by atoms with van der Waals surface area (Å²) in [4.78, 5) is 5.65. The highest BCUT2D eigenvalue weighted by atomic mass is 79.9. The van der Waals surface area contributed by atoms with Crippen LogP contribution in [-0.2, 0) is 0 Å². The van der Waals surface area contributed by atoms with E-state index < -0.39 is 5.82 Å². The van der Waals surface area contributed by atoms with Crippen molar-refractivity contribution in [1.82, 2.24) is 4.98 Å². The molecule has 0 amide bonds. The van der Waals surface area contributed by atoms with Crippen molar-refractivity contribution < 1.29 is 8.78 Å². The second kappa shape index (κ2) is 5.44. The molecule has 0 radical (unpaired) electrons. The standard InChI is InChI=1S/C13H11BrF2N2/c1-2-18(11-5-3-4-10(15)7-11)13-12(16)6-9(14)8-17-13/h3-8H,2H2,1H3. The van der Waals surface area contributed by atoms with Gasteiger partial charge in [0.1, 0.15) is 5.82 Å². The fourth-order valence-electron chi connectivity index (χ4n) is 1.70. The summed E-state index contributed by atoms with van der Waals surface area (Å²) >= 11 is 3.15. The van der Waals surface area contributed by atoms with Gasteiger partial charge in [0.25, 0.3) is 0 Å². The highest BCUT2D eigenvalue weighted by Gasteiger charge is 2.14. The van der Waals surface area contributed by atoms with E-state index in [4.69, 9.17) is 0 Å². The minimum absolute atomic E-state index is 0.186. The molecule has 0 spiro atoms. The SMILES string of the molecule is CCN(c1cccc(F)c1)c1ncc(Br)cc1F. The van der Waals surface area contributed by atoms with Crippen LogP contribution in [0.5, 0.6) is 0 Å². The first-order valence-corrected chi connectivity index (χ1v) is 6.25. The lowest BCUT2D eigenvalue weighted by Crippen LogP contribution is -2.18. The lowest BCUT2D eigenvalue weighted by atomic mass is 10.2. The maximum Gasteiger partial charge on any atom is 0.169 e. The minimum Gasteiger partial charge on any atom is -0.324 e. The van der Waals surface area contributed by atoms with Crippen LogP contribution in [0.2, 0.25) is 0 Å². The summed E-state index contributed by atoms with van der Waals surface area (Å²) in [5, 5.41) is 0. The van der Waals surface area contributed by atoms with Gasteiger partial charge in [0, 0.05) is 22.9 Å². The Kier molecular flexibility index (Phi) is 3.91. The lowest BCUT2D eigenvalue weighted by Gasteiger charge is -2.22. The van der Waals surface area contributed by atoms with Crippen molar-refractivity contribution in [3.8, 4) is 0 Å². The minimum atomic E-state index is -0.449. The quantitative estimate of drug-likeness (QED) is 0.841. The van der Waals surface area contributed by atoms with E-state index in [-0.39, 0.29) is 11.6 Å². The normalized spacial score (nSPS) is 10.4. The van der Waals surface area contributed by atoms with Crippen LogP contribution in [-0.4, -0.2) is 11.5 Å². The molecule has 1 aromatic heterocycles. The van der Waals surface area contributed by atoms with E-state index >= 15 is 0 Å². The number of halogens is 3. The van der Waals surface area contributed by atoms with Crippen LogP contribution in [0, 0.1) is 11.6 Å². The van der Waals surface area contributed by atoms with Crippen molar-refractivity contribution in [2.24, 2.45) is 0 Å². The van der Waals surface area contributed by atoms with Gasteiger partial charge in [-0.15, -0.1) is 0 Å². The topological polar surface area (TPSA) is 16.1 Å². The van der Waals surface area contributed by atoms with Gasteiger partial charge in [-0.1, -0.05) is 6.07 Å². The van der Waals surface area contributed by atoms with Crippen molar-refractivity contribution in [1.29, 1.82) is 0 Å². The Balaban J connectivity index is 2.45. The molecule has 0 saturated carbocycles. The van der Waals surface area contributed by atoms with Crippen LogP contribution in [0.15, 0.2) is 41.0 Å². The van der Waals surface area contributed by atoms with Gasteiger partial charge in [0.2, 0.25) is 0 Å². The molecule has 0 fully saturated rings. The second-order valence-electron chi connectivity index (χ2n) is 3.68. The zero-order chi connectivity index (χ0) is 13.1. The Morgan fingerprint density at radius 3 is 2.67 bits per heavy atom. The van der Waals surface area contributed by atoms with Gasteiger partial charge in [0.05, 0.1) is 0 Å². The molecule has 0 unspecified atom stereocenters. The third-order valence-electron chi connectivity index (χ3n) is 2.48. The van der Waals surface area contributed by atoms with Crippen LogP contribution in [0.1, 0.15) is 6.92 Å². The first kappa shape index (κ1) is 13.0. The molecule has 1 heterocycles. The van der Waals surface area contributed by atoms with E-state index in [9.17, 15) is 8.78 Å². The lowest BCUT2D eigenvalue weighted by molar-refractivity contribution is 0.615. The van der Waals surface area contributed by atoms with E-state index in [0.717, 1.165) is 0 Å². The largest absolute Gasteiger partial charge is 0.324 e. The summed E-state index contributed by atoms with van der Waals surface area (Å²) in [5.74, 6) is -0.620. The van der Waals surface area contributed by atoms with Crippen molar-refractivity contribution in [3.05, 3.63) is 52.6 Å². The molecule has 2 nitrogen and oxygen atoms in total. The number of anilines is 2. The fourth-order valence-corrected chi connectivity index (χ4v) is 2.01. The van der Waals surface area contributed by atoms with Gasteiger partial charge < -0.3 is 4.90 Å². The molecule has 0 aliphatic rings. The number of hydrogen-bond donors (Lipinski definition) is 0. The molecule has 0 saturated heterocycles. The number of rotatable bonds is 3. The second-order valence-corrected chi connectivity index (χ2v) is 4.60. The Labute approximate surface area is 112 Å². The summed E-state index contributed by atoms with van der Waals surface area (Å²) in [7, 11) is 0. The average molecular weight is 313 g/mol. The molecule has 1 aromatic carbocycles. The van der Waals surface area contributed by atoms with Gasteiger partial charge in [-0.3, -0.25) is 0 Å². The van der Waals surface area contributed by atoms with E-state index in [2.05, 4.69) is 20.9 Å². The van der Waals surface area contributed by atoms with Gasteiger partial charge in [-0.2, -0.15) is 0 Å². The number of benzene rings is 1. The summed E-state index contributed by atoms with van der Waals surface area (Å²) in [6, 6.07) is 7.35. The first-order valence-electron chi connectivity index (χ1n) is 5.46. The molecule has 2 rings (SSSR count). The highest BCUT2D eigenvalue weighted by Crippen LogP contribution is 2.27. The molecule has 0 aliphatic carbocycles. The fraction of sp³-hybridized carbons (Fsp3) is 0.154. The van der Waals surface area contributed by atoms with E-state index in [1.165, 1.54) is 24.4 Å². The number of aromatic nitrogens is 1. The van der Waals surface area contributed by atoms with Gasteiger partial charge in [-0.25, -0.2) is 13.8 Å². The Hall–Kier alpha value is -1.49. The van der Waals surface area contributed by atoms with Crippen LogP contribution in [0.25, 0.3) is 0 Å². The predicted molar refractivity (Wildman–Crippen MR) is 71.0 cm³/mol. The van der Waals surface area contributed by atoms with Crippen LogP contribution in [0.4, 0.5) is 20.3 Å². The van der Waals surface area contributed by atoms with Crippen molar-refractivity contribution in [2.75, 3.05) is 11.4 Å². The Morgan fingerprint density at radius 2 is 2.06 bits per heavy atom. The van der Waals surface area contributed by atoms with Crippen LogP contribution < -0.4 is 4.90 Å². The maximum atomic E-state index is 13.8. The van der Waals surface area contributed by atoms with Crippen molar-refractivity contribution in [3.63, 3.8) is 0 Å². The van der Waals surface area contributed by atoms with Crippen molar-refractivity contribution in [2.45, 2.75) is 6.92 Å². The van der Waals surface area contributed by atoms with E-state index in [0.29, 0.717) is 16.7 Å². The number of nitrogens with zero attached hydrogens (tertiary/aromatic N) is 2. The summed E-state index contributed by atoms with van der Waals surface area (Å²) < 4.78 is 27.6. The zero-order valence-corrected chi connectivity index (χ0v) is 11.3. The van der Waals surface area contributed by atoms with Crippen molar-refractivity contribution >= 4 is 27.4 Å². The van der Waals surface area contributed by atoms with Crippen LogP contribution in [0.3, 0.4) is 0 Å². The molecular weight excluding hydrogens is 302 g/mol. The molecular formula is C13H11BrF2N2. The predicted octanol–water partition coefficient (Wildman–Crippen LogP) is 4.28. The van der Waals surface area contributed by atoms with E-state index in [1.807, 2.05) is 6.92 Å². The molecule has 0 atom stereocenters. The zero-order valence-electron chi connectivity index (χ0n) is 9.70. The Morgan fingerprint density at radius 1 is 1.28 bits per heavy atom. The smallest absolute Gasteiger partial charge is 0.169 e. The molecule has 5 heteroatoms. The van der Waals surface area contributed by atoms with Gasteiger partial charge >= 0.3 is 0 Å².